The number of ether oxygens (including phenoxy) is 2. The van der Waals surface area contributed by atoms with Crippen LogP contribution in [0.15, 0.2) is 18.3 Å². The van der Waals surface area contributed by atoms with Crippen LogP contribution in [0.5, 0.6) is 11.5 Å². The molecule has 2 heterocycles. The van der Waals surface area contributed by atoms with Gasteiger partial charge in [0.2, 0.25) is 0 Å². The van der Waals surface area contributed by atoms with Crippen molar-refractivity contribution in [3.8, 4) is 11.5 Å². The van der Waals surface area contributed by atoms with Gasteiger partial charge in [-0.05, 0) is 6.07 Å². The van der Waals surface area contributed by atoms with Gasteiger partial charge in [0.15, 0.2) is 11.5 Å². The van der Waals surface area contributed by atoms with Gasteiger partial charge in [-0.1, -0.05) is 0 Å². The lowest BCUT2D eigenvalue weighted by molar-refractivity contribution is 0.0729. The molecule has 7 heteroatoms. The third-order valence-corrected chi connectivity index (χ3v) is 3.79. The first-order valence-electron chi connectivity index (χ1n) is 6.86. The van der Waals surface area contributed by atoms with Crippen molar-refractivity contribution < 1.29 is 18.7 Å². The van der Waals surface area contributed by atoms with E-state index < -0.39 is 5.82 Å². The molecule has 0 bridgehead atoms. The number of hydrogen-bond acceptors (Lipinski definition) is 4. The highest BCUT2D eigenvalue weighted by atomic mass is 19.1. The predicted molar refractivity (Wildman–Crippen MR) is 76.5 cm³/mol. The number of hydrogen-bond donors (Lipinski definition) is 1. The summed E-state index contributed by atoms with van der Waals surface area (Å²) < 4.78 is 24.4. The Morgan fingerprint density at radius 1 is 1.32 bits per heavy atom. The van der Waals surface area contributed by atoms with Crippen LogP contribution < -0.4 is 9.47 Å². The first-order valence-corrected chi connectivity index (χ1v) is 6.86. The average Bonchev–Trinajstić information content (AvgIpc) is 3.01. The van der Waals surface area contributed by atoms with Gasteiger partial charge in [0.05, 0.1) is 26.0 Å². The summed E-state index contributed by atoms with van der Waals surface area (Å²) >= 11 is 0. The Morgan fingerprint density at radius 3 is 2.77 bits per heavy atom. The number of carbonyl (C=O) groups excluding carboxylic acids is 1. The standard InChI is InChI=1S/C15H16FN3O3/c1-21-13-5-10(11(16)6-14(13)22-2)15(20)19-4-3-12-9(8-19)7-17-18-12/h5-7H,3-4,8H2,1-2H3,(H,17,18). The molecule has 116 valence electrons. The summed E-state index contributed by atoms with van der Waals surface area (Å²) in [4.78, 5) is 14.2. The van der Waals surface area contributed by atoms with Crippen molar-refractivity contribution in [2.75, 3.05) is 20.8 Å². The fourth-order valence-corrected chi connectivity index (χ4v) is 2.58. The van der Waals surface area contributed by atoms with E-state index in [1.165, 1.54) is 26.4 Å². The lowest BCUT2D eigenvalue weighted by Crippen LogP contribution is -2.36. The highest BCUT2D eigenvalue weighted by Crippen LogP contribution is 2.31. The van der Waals surface area contributed by atoms with Crippen molar-refractivity contribution >= 4 is 5.91 Å². The van der Waals surface area contributed by atoms with Crippen LogP contribution in [-0.4, -0.2) is 41.8 Å². The van der Waals surface area contributed by atoms with Crippen LogP contribution in [0.4, 0.5) is 4.39 Å². The molecule has 2 aromatic rings. The number of amides is 1. The molecule has 0 aliphatic carbocycles. The van der Waals surface area contributed by atoms with E-state index in [0.29, 0.717) is 25.3 Å². The maximum atomic E-state index is 14.2. The largest absolute Gasteiger partial charge is 0.493 e. The number of H-pyrrole nitrogens is 1. The van der Waals surface area contributed by atoms with Crippen LogP contribution in [0.1, 0.15) is 21.6 Å². The number of methoxy groups -OCH3 is 2. The summed E-state index contributed by atoms with van der Waals surface area (Å²) in [7, 11) is 2.87. The molecule has 1 aromatic heterocycles. The molecular weight excluding hydrogens is 289 g/mol. The van der Waals surface area contributed by atoms with Crippen molar-refractivity contribution in [3.63, 3.8) is 0 Å². The first kappa shape index (κ1) is 14.4. The van der Waals surface area contributed by atoms with Crippen LogP contribution in [0, 0.1) is 5.82 Å². The predicted octanol–water partition coefficient (Wildman–Crippen LogP) is 1.76. The second-order valence-corrected chi connectivity index (χ2v) is 5.04. The lowest BCUT2D eigenvalue weighted by atomic mass is 10.1. The van der Waals surface area contributed by atoms with Crippen molar-refractivity contribution in [2.24, 2.45) is 0 Å². The number of aromatic nitrogens is 2. The van der Waals surface area contributed by atoms with Crippen molar-refractivity contribution in [1.82, 2.24) is 15.1 Å². The van der Waals surface area contributed by atoms with Gasteiger partial charge < -0.3 is 14.4 Å². The molecule has 1 amide bonds. The molecular formula is C15H16FN3O3. The van der Waals surface area contributed by atoms with E-state index in [1.807, 2.05) is 0 Å². The molecule has 0 spiro atoms. The molecule has 0 saturated heterocycles. The fraction of sp³-hybridized carbons (Fsp3) is 0.333. The third-order valence-electron chi connectivity index (χ3n) is 3.79. The van der Waals surface area contributed by atoms with Crippen LogP contribution in [0.25, 0.3) is 0 Å². The van der Waals surface area contributed by atoms with Gasteiger partial charge in [-0.3, -0.25) is 9.89 Å². The van der Waals surface area contributed by atoms with E-state index in [-0.39, 0.29) is 17.2 Å². The highest BCUT2D eigenvalue weighted by molar-refractivity contribution is 5.95. The third kappa shape index (κ3) is 2.38. The van der Waals surface area contributed by atoms with E-state index >= 15 is 0 Å². The molecule has 1 aliphatic heterocycles. The quantitative estimate of drug-likeness (QED) is 0.938. The molecule has 6 nitrogen and oxygen atoms in total. The molecule has 1 N–H and O–H groups in total. The summed E-state index contributed by atoms with van der Waals surface area (Å²) in [5, 5.41) is 6.87. The van der Waals surface area contributed by atoms with Crippen molar-refractivity contribution in [1.29, 1.82) is 0 Å². The second-order valence-electron chi connectivity index (χ2n) is 5.04. The van der Waals surface area contributed by atoms with Gasteiger partial charge in [-0.25, -0.2) is 4.39 Å². The average molecular weight is 305 g/mol. The molecule has 3 rings (SSSR count). The molecule has 0 unspecified atom stereocenters. The van der Waals surface area contributed by atoms with E-state index in [0.717, 1.165) is 11.3 Å². The zero-order chi connectivity index (χ0) is 15.7. The Morgan fingerprint density at radius 2 is 2.05 bits per heavy atom. The molecule has 22 heavy (non-hydrogen) atoms. The normalized spacial score (nSPS) is 13.7. The number of benzene rings is 1. The smallest absolute Gasteiger partial charge is 0.257 e. The number of nitrogens with zero attached hydrogens (tertiary/aromatic N) is 2. The summed E-state index contributed by atoms with van der Waals surface area (Å²) in [6.07, 6.45) is 2.37. The summed E-state index contributed by atoms with van der Waals surface area (Å²) in [5.41, 5.74) is 1.96. The summed E-state index contributed by atoms with van der Waals surface area (Å²) in [5.74, 6) is -0.411. The maximum absolute atomic E-state index is 14.2. The minimum Gasteiger partial charge on any atom is -0.493 e. The number of fused-ring (bicyclic) bond motifs is 1. The van der Waals surface area contributed by atoms with Crippen molar-refractivity contribution in [2.45, 2.75) is 13.0 Å². The Bertz CT molecular complexity index is 714. The number of nitrogens with one attached hydrogen (secondary N) is 1. The molecule has 0 atom stereocenters. The fourth-order valence-electron chi connectivity index (χ4n) is 2.58. The van der Waals surface area contributed by atoms with E-state index in [1.54, 1.807) is 11.1 Å². The minimum absolute atomic E-state index is 0.0235. The zero-order valence-corrected chi connectivity index (χ0v) is 12.4. The number of halogens is 1. The van der Waals surface area contributed by atoms with E-state index in [2.05, 4.69) is 10.2 Å². The molecule has 0 saturated carbocycles. The van der Waals surface area contributed by atoms with Gasteiger partial charge >= 0.3 is 0 Å². The van der Waals surface area contributed by atoms with Crippen LogP contribution in [0.3, 0.4) is 0 Å². The van der Waals surface area contributed by atoms with Gasteiger partial charge in [0, 0.05) is 36.8 Å². The highest BCUT2D eigenvalue weighted by Gasteiger charge is 2.26. The number of rotatable bonds is 3. The maximum Gasteiger partial charge on any atom is 0.257 e. The Labute approximate surface area is 126 Å². The van der Waals surface area contributed by atoms with Gasteiger partial charge in [-0.2, -0.15) is 5.10 Å². The SMILES string of the molecule is COc1cc(F)c(C(=O)N2CCc3[nH]ncc3C2)cc1OC. The number of carbonyl (C=O) groups is 1. The van der Waals surface area contributed by atoms with Crippen LogP contribution in [-0.2, 0) is 13.0 Å². The Hall–Kier alpha value is -2.57. The van der Waals surface area contributed by atoms with E-state index in [9.17, 15) is 9.18 Å². The van der Waals surface area contributed by atoms with Crippen LogP contribution >= 0.6 is 0 Å². The van der Waals surface area contributed by atoms with E-state index in [4.69, 9.17) is 9.47 Å². The van der Waals surface area contributed by atoms with Crippen molar-refractivity contribution in [3.05, 3.63) is 41.0 Å². The monoisotopic (exact) mass is 305 g/mol. The van der Waals surface area contributed by atoms with Crippen LogP contribution in [0.2, 0.25) is 0 Å². The lowest BCUT2D eigenvalue weighted by Gasteiger charge is -2.27. The number of aromatic amines is 1. The minimum atomic E-state index is -0.624. The van der Waals surface area contributed by atoms with Gasteiger partial charge in [0.1, 0.15) is 5.82 Å². The molecule has 1 aromatic carbocycles. The van der Waals surface area contributed by atoms with Gasteiger partial charge in [0.25, 0.3) is 5.91 Å². The summed E-state index contributed by atoms with van der Waals surface area (Å²) in [6.45, 7) is 0.931. The summed E-state index contributed by atoms with van der Waals surface area (Å²) in [6, 6.07) is 2.54. The zero-order valence-electron chi connectivity index (χ0n) is 12.4. The topological polar surface area (TPSA) is 67.5 Å². The molecule has 0 fully saturated rings. The Balaban J connectivity index is 1.89. The molecule has 1 aliphatic rings. The second kappa shape index (κ2) is 5.67. The molecule has 0 radical (unpaired) electrons. The first-order chi connectivity index (χ1) is 10.6. The van der Waals surface area contributed by atoms with Gasteiger partial charge in [-0.15, -0.1) is 0 Å². The Kier molecular flexibility index (Phi) is 3.70.